The Bertz CT molecular complexity index is 541. The Morgan fingerprint density at radius 1 is 1.12 bits per heavy atom. The van der Waals surface area contributed by atoms with E-state index in [0.29, 0.717) is 22.6 Å². The van der Waals surface area contributed by atoms with Crippen LogP contribution in [0.1, 0.15) is 27.4 Å². The van der Waals surface area contributed by atoms with E-state index in [2.05, 4.69) is 9.97 Å². The van der Waals surface area contributed by atoms with Gasteiger partial charge in [-0.15, -0.1) is 0 Å². The lowest BCUT2D eigenvalue weighted by atomic mass is 10.0. The van der Waals surface area contributed by atoms with Crippen LogP contribution in [0.4, 0.5) is 5.82 Å². The number of benzene rings is 1. The van der Waals surface area contributed by atoms with Crippen molar-refractivity contribution in [3.63, 3.8) is 0 Å². The highest BCUT2D eigenvalue weighted by molar-refractivity contribution is 6.12. The normalized spacial score (nSPS) is 10.2. The van der Waals surface area contributed by atoms with Gasteiger partial charge in [0.2, 0.25) is 0 Å². The van der Waals surface area contributed by atoms with Crippen molar-refractivity contribution in [2.45, 2.75) is 13.8 Å². The molecule has 2 rings (SSSR count). The van der Waals surface area contributed by atoms with Gasteiger partial charge in [-0.1, -0.05) is 30.3 Å². The molecule has 0 radical (unpaired) electrons. The molecule has 0 aliphatic rings. The van der Waals surface area contributed by atoms with Crippen molar-refractivity contribution in [1.29, 1.82) is 0 Å². The van der Waals surface area contributed by atoms with Gasteiger partial charge < -0.3 is 5.73 Å². The maximum Gasteiger partial charge on any atom is 0.198 e. The highest BCUT2D eigenvalue weighted by Gasteiger charge is 2.17. The minimum Gasteiger partial charge on any atom is -0.383 e. The Balaban J connectivity index is 2.52. The molecule has 0 bridgehead atoms. The third kappa shape index (κ3) is 2.15. The van der Waals surface area contributed by atoms with Gasteiger partial charge in [0.15, 0.2) is 5.78 Å². The number of rotatable bonds is 2. The Morgan fingerprint density at radius 3 is 2.35 bits per heavy atom. The number of aromatic nitrogens is 2. The topological polar surface area (TPSA) is 68.9 Å². The summed E-state index contributed by atoms with van der Waals surface area (Å²) in [6.07, 6.45) is 0. The summed E-state index contributed by atoms with van der Waals surface area (Å²) in [5, 5.41) is 0. The molecule has 0 atom stereocenters. The number of nitrogen functional groups attached to an aromatic ring is 1. The van der Waals surface area contributed by atoms with Crippen LogP contribution in [0.5, 0.6) is 0 Å². The highest BCUT2D eigenvalue weighted by Crippen LogP contribution is 2.17. The van der Waals surface area contributed by atoms with E-state index in [0.717, 1.165) is 0 Å². The first-order valence-corrected chi connectivity index (χ1v) is 5.30. The molecule has 4 heteroatoms. The summed E-state index contributed by atoms with van der Waals surface area (Å²) >= 11 is 0. The van der Waals surface area contributed by atoms with Crippen LogP contribution in [0.2, 0.25) is 0 Å². The molecule has 1 aromatic carbocycles. The standard InChI is InChI=1S/C13H13N3O/c1-8-11(13(14)16-9(2)15-8)12(17)10-6-4-3-5-7-10/h3-7H,1-2H3,(H2,14,15,16). The first-order chi connectivity index (χ1) is 8.09. The monoisotopic (exact) mass is 227 g/mol. The molecule has 4 nitrogen and oxygen atoms in total. The molecular weight excluding hydrogens is 214 g/mol. The fourth-order valence-corrected chi connectivity index (χ4v) is 1.75. The van der Waals surface area contributed by atoms with E-state index in [-0.39, 0.29) is 11.6 Å². The Kier molecular flexibility index (Phi) is 2.87. The summed E-state index contributed by atoms with van der Waals surface area (Å²) in [5.41, 5.74) is 7.39. The number of anilines is 1. The van der Waals surface area contributed by atoms with E-state index in [4.69, 9.17) is 5.73 Å². The van der Waals surface area contributed by atoms with Crippen LogP contribution in [0.15, 0.2) is 30.3 Å². The molecule has 0 unspecified atom stereocenters. The molecule has 86 valence electrons. The number of carbonyl (C=O) groups excluding carboxylic acids is 1. The lowest BCUT2D eigenvalue weighted by Crippen LogP contribution is -2.12. The van der Waals surface area contributed by atoms with Gasteiger partial charge in [-0.3, -0.25) is 4.79 Å². The summed E-state index contributed by atoms with van der Waals surface area (Å²) in [6, 6.07) is 8.99. The Hall–Kier alpha value is -2.23. The minimum atomic E-state index is -0.138. The summed E-state index contributed by atoms with van der Waals surface area (Å²) in [7, 11) is 0. The van der Waals surface area contributed by atoms with Crippen LogP contribution < -0.4 is 5.73 Å². The first kappa shape index (κ1) is 11.3. The van der Waals surface area contributed by atoms with Crippen LogP contribution in [0, 0.1) is 13.8 Å². The molecule has 0 aliphatic carbocycles. The number of hydrogen-bond donors (Lipinski definition) is 1. The molecule has 17 heavy (non-hydrogen) atoms. The van der Waals surface area contributed by atoms with E-state index in [1.54, 1.807) is 26.0 Å². The zero-order chi connectivity index (χ0) is 12.4. The quantitative estimate of drug-likeness (QED) is 0.795. The average Bonchev–Trinajstić information content (AvgIpc) is 2.28. The fourth-order valence-electron chi connectivity index (χ4n) is 1.75. The van der Waals surface area contributed by atoms with Crippen LogP contribution in [0.25, 0.3) is 0 Å². The van der Waals surface area contributed by atoms with Crippen molar-refractivity contribution < 1.29 is 4.79 Å². The second-order valence-corrected chi connectivity index (χ2v) is 3.81. The van der Waals surface area contributed by atoms with Crippen LogP contribution in [-0.4, -0.2) is 15.8 Å². The van der Waals surface area contributed by atoms with Crippen LogP contribution in [0.3, 0.4) is 0 Å². The van der Waals surface area contributed by atoms with Gasteiger partial charge in [0.05, 0.1) is 11.3 Å². The van der Waals surface area contributed by atoms with Crippen LogP contribution >= 0.6 is 0 Å². The van der Waals surface area contributed by atoms with Crippen molar-refractivity contribution in [3.05, 3.63) is 53.0 Å². The molecule has 0 saturated carbocycles. The predicted molar refractivity (Wildman–Crippen MR) is 65.8 cm³/mol. The van der Waals surface area contributed by atoms with Gasteiger partial charge in [0, 0.05) is 5.56 Å². The van der Waals surface area contributed by atoms with Crippen molar-refractivity contribution in [3.8, 4) is 0 Å². The van der Waals surface area contributed by atoms with Crippen molar-refractivity contribution in [1.82, 2.24) is 9.97 Å². The van der Waals surface area contributed by atoms with Gasteiger partial charge in [0.25, 0.3) is 0 Å². The number of nitrogens with two attached hydrogens (primary N) is 1. The lowest BCUT2D eigenvalue weighted by molar-refractivity contribution is 0.103. The highest BCUT2D eigenvalue weighted by atomic mass is 16.1. The van der Waals surface area contributed by atoms with Gasteiger partial charge in [-0.25, -0.2) is 9.97 Å². The molecule has 0 aliphatic heterocycles. The van der Waals surface area contributed by atoms with Gasteiger partial charge in [0.1, 0.15) is 11.6 Å². The summed E-state index contributed by atoms with van der Waals surface area (Å²) in [5.74, 6) is 0.675. The van der Waals surface area contributed by atoms with Gasteiger partial charge in [-0.2, -0.15) is 0 Å². The number of nitrogens with zero attached hydrogens (tertiary/aromatic N) is 2. The van der Waals surface area contributed by atoms with E-state index < -0.39 is 0 Å². The molecule has 1 aromatic heterocycles. The number of ketones is 1. The molecule has 2 N–H and O–H groups in total. The first-order valence-electron chi connectivity index (χ1n) is 5.30. The van der Waals surface area contributed by atoms with E-state index in [1.165, 1.54) is 0 Å². The fraction of sp³-hybridized carbons (Fsp3) is 0.154. The smallest absolute Gasteiger partial charge is 0.198 e. The second-order valence-electron chi connectivity index (χ2n) is 3.81. The number of hydrogen-bond acceptors (Lipinski definition) is 4. The largest absolute Gasteiger partial charge is 0.383 e. The van der Waals surface area contributed by atoms with Crippen LogP contribution in [-0.2, 0) is 0 Å². The molecular formula is C13H13N3O. The summed E-state index contributed by atoms with van der Waals surface area (Å²) in [4.78, 5) is 20.4. The third-order valence-corrected chi connectivity index (χ3v) is 2.49. The third-order valence-electron chi connectivity index (χ3n) is 2.49. The summed E-state index contributed by atoms with van der Waals surface area (Å²) in [6.45, 7) is 3.52. The van der Waals surface area contributed by atoms with Crippen molar-refractivity contribution in [2.24, 2.45) is 0 Å². The van der Waals surface area contributed by atoms with Crippen molar-refractivity contribution >= 4 is 11.6 Å². The van der Waals surface area contributed by atoms with E-state index in [9.17, 15) is 4.79 Å². The molecule has 0 saturated heterocycles. The zero-order valence-electron chi connectivity index (χ0n) is 9.77. The zero-order valence-corrected chi connectivity index (χ0v) is 9.77. The Morgan fingerprint density at radius 2 is 1.76 bits per heavy atom. The maximum absolute atomic E-state index is 12.2. The predicted octanol–water partition coefficient (Wildman–Crippen LogP) is 1.91. The molecule has 0 fully saturated rings. The summed E-state index contributed by atoms with van der Waals surface area (Å²) < 4.78 is 0. The maximum atomic E-state index is 12.2. The van der Waals surface area contributed by atoms with Gasteiger partial charge >= 0.3 is 0 Å². The SMILES string of the molecule is Cc1nc(C)c(C(=O)c2ccccc2)c(N)n1. The number of carbonyl (C=O) groups is 1. The second kappa shape index (κ2) is 4.33. The molecule has 2 aromatic rings. The van der Waals surface area contributed by atoms with E-state index in [1.807, 2.05) is 18.2 Å². The minimum absolute atomic E-state index is 0.138. The van der Waals surface area contributed by atoms with Gasteiger partial charge in [-0.05, 0) is 13.8 Å². The lowest BCUT2D eigenvalue weighted by Gasteiger charge is -2.07. The molecule has 0 amide bonds. The van der Waals surface area contributed by atoms with Crippen molar-refractivity contribution in [2.75, 3.05) is 5.73 Å². The van der Waals surface area contributed by atoms with E-state index >= 15 is 0 Å². The Labute approximate surface area is 99.5 Å². The number of aryl methyl sites for hydroxylation is 2. The molecule has 1 heterocycles. The average molecular weight is 227 g/mol. The molecule has 0 spiro atoms.